The highest BCUT2D eigenvalue weighted by Gasteiger charge is 2.31. The highest BCUT2D eigenvalue weighted by atomic mass is 35.5. The molecule has 4 heteroatoms. The normalized spacial score (nSPS) is 19.7. The van der Waals surface area contributed by atoms with Gasteiger partial charge in [0.1, 0.15) is 0 Å². The molecule has 2 rings (SSSR count). The second kappa shape index (κ2) is 5.70. The van der Waals surface area contributed by atoms with Gasteiger partial charge in [0.15, 0.2) is 0 Å². The van der Waals surface area contributed by atoms with Gasteiger partial charge < -0.3 is 10.2 Å². The Labute approximate surface area is 121 Å². The largest absolute Gasteiger partial charge is 0.367 e. The molecule has 1 aromatic carbocycles. The third-order valence-corrected chi connectivity index (χ3v) is 4.35. The van der Waals surface area contributed by atoms with E-state index >= 15 is 0 Å². The Balaban J connectivity index is 2.18. The van der Waals surface area contributed by atoms with Gasteiger partial charge in [-0.1, -0.05) is 17.7 Å². The van der Waals surface area contributed by atoms with Gasteiger partial charge in [-0.25, -0.2) is 0 Å². The maximum Gasteiger partial charge on any atom is 0.0642 e. The lowest BCUT2D eigenvalue weighted by Gasteiger charge is -2.46. The molecule has 0 spiro atoms. The van der Waals surface area contributed by atoms with Gasteiger partial charge in [0.2, 0.25) is 0 Å². The fourth-order valence-corrected chi connectivity index (χ4v) is 2.89. The van der Waals surface area contributed by atoms with Crippen LogP contribution in [0.4, 0.5) is 5.69 Å². The molecule has 0 amide bonds. The minimum Gasteiger partial charge on any atom is -0.367 e. The molecule has 1 saturated heterocycles. The molecule has 0 aromatic heterocycles. The molecular weight excluding hydrogens is 258 g/mol. The number of rotatable bonds is 3. The zero-order chi connectivity index (χ0) is 14.0. The zero-order valence-electron chi connectivity index (χ0n) is 12.3. The van der Waals surface area contributed by atoms with Crippen molar-refractivity contribution < 1.29 is 0 Å². The van der Waals surface area contributed by atoms with Gasteiger partial charge in [0.25, 0.3) is 0 Å². The van der Waals surface area contributed by atoms with Gasteiger partial charge >= 0.3 is 0 Å². The van der Waals surface area contributed by atoms with Crippen LogP contribution in [0.15, 0.2) is 18.2 Å². The van der Waals surface area contributed by atoms with Crippen LogP contribution in [0.25, 0.3) is 0 Å². The number of likely N-dealkylation sites (N-methyl/N-ethyl adjacent to an activating group) is 1. The number of hydrogen-bond donors (Lipinski definition) is 1. The number of piperazine rings is 1. The van der Waals surface area contributed by atoms with Crippen LogP contribution in [0.1, 0.15) is 19.4 Å². The maximum atomic E-state index is 6.44. The van der Waals surface area contributed by atoms with Crippen LogP contribution >= 0.6 is 11.6 Å². The molecule has 0 bridgehead atoms. The van der Waals surface area contributed by atoms with E-state index in [2.05, 4.69) is 54.2 Å². The minimum atomic E-state index is 0.186. The van der Waals surface area contributed by atoms with Crippen LogP contribution < -0.4 is 10.2 Å². The van der Waals surface area contributed by atoms with E-state index in [4.69, 9.17) is 11.6 Å². The molecule has 1 fully saturated rings. The molecule has 1 aromatic rings. The van der Waals surface area contributed by atoms with Crippen LogP contribution in [0, 0.1) is 0 Å². The second-order valence-electron chi connectivity index (χ2n) is 5.97. The van der Waals surface area contributed by atoms with Gasteiger partial charge in [0, 0.05) is 31.7 Å². The minimum absolute atomic E-state index is 0.186. The number of hydrogen-bond acceptors (Lipinski definition) is 3. The number of halogens is 1. The summed E-state index contributed by atoms with van der Waals surface area (Å²) in [7, 11) is 4.14. The first-order valence-corrected chi connectivity index (χ1v) is 7.21. The molecular formula is C15H24ClN3. The average Bonchev–Trinajstić information content (AvgIpc) is 2.33. The van der Waals surface area contributed by atoms with Crippen molar-refractivity contribution in [2.45, 2.75) is 25.9 Å². The highest BCUT2D eigenvalue weighted by molar-refractivity contribution is 6.33. The lowest BCUT2D eigenvalue weighted by atomic mass is 9.99. The maximum absolute atomic E-state index is 6.44. The summed E-state index contributed by atoms with van der Waals surface area (Å²) >= 11 is 6.44. The molecule has 0 aliphatic carbocycles. The van der Waals surface area contributed by atoms with Crippen LogP contribution in [0.2, 0.25) is 5.02 Å². The third kappa shape index (κ3) is 3.22. The standard InChI is InChI=1S/C15H24ClN3/c1-15(2)11-19(8-7-18(15)4)14-6-5-12(10-17-3)9-13(14)16/h5-6,9,17H,7-8,10-11H2,1-4H3. The molecule has 1 heterocycles. The first kappa shape index (κ1) is 14.6. The predicted octanol–water partition coefficient (Wildman–Crippen LogP) is 2.59. The summed E-state index contributed by atoms with van der Waals surface area (Å²) in [6, 6.07) is 6.37. The number of anilines is 1. The smallest absolute Gasteiger partial charge is 0.0642 e. The van der Waals surface area contributed by atoms with Gasteiger partial charge in [-0.05, 0) is 45.6 Å². The quantitative estimate of drug-likeness (QED) is 0.919. The molecule has 1 aliphatic rings. The third-order valence-electron chi connectivity index (χ3n) is 4.05. The van der Waals surface area contributed by atoms with Crippen LogP contribution in [-0.4, -0.2) is 44.2 Å². The van der Waals surface area contributed by atoms with E-state index in [1.807, 2.05) is 7.05 Å². The Morgan fingerprint density at radius 1 is 1.32 bits per heavy atom. The summed E-state index contributed by atoms with van der Waals surface area (Å²) < 4.78 is 0. The summed E-state index contributed by atoms with van der Waals surface area (Å²) in [6.07, 6.45) is 0. The SMILES string of the molecule is CNCc1ccc(N2CCN(C)C(C)(C)C2)c(Cl)c1. The summed E-state index contributed by atoms with van der Waals surface area (Å²) in [5, 5.41) is 4.00. The lowest BCUT2D eigenvalue weighted by molar-refractivity contribution is 0.139. The fourth-order valence-electron chi connectivity index (χ4n) is 2.57. The molecule has 1 aliphatic heterocycles. The predicted molar refractivity (Wildman–Crippen MR) is 83.1 cm³/mol. The van der Waals surface area contributed by atoms with E-state index in [-0.39, 0.29) is 5.54 Å². The number of nitrogens with zero attached hydrogens (tertiary/aromatic N) is 2. The highest BCUT2D eigenvalue weighted by Crippen LogP contribution is 2.31. The van der Waals surface area contributed by atoms with Crippen molar-refractivity contribution in [1.29, 1.82) is 0 Å². The fraction of sp³-hybridized carbons (Fsp3) is 0.600. The van der Waals surface area contributed by atoms with Crippen LogP contribution in [0.3, 0.4) is 0 Å². The van der Waals surface area contributed by atoms with Crippen LogP contribution in [0.5, 0.6) is 0 Å². The molecule has 0 unspecified atom stereocenters. The van der Waals surface area contributed by atoms with Crippen LogP contribution in [-0.2, 0) is 6.54 Å². The number of nitrogens with one attached hydrogen (secondary N) is 1. The van der Waals surface area contributed by atoms with E-state index in [1.54, 1.807) is 0 Å². The van der Waals surface area contributed by atoms with E-state index in [9.17, 15) is 0 Å². The summed E-state index contributed by atoms with van der Waals surface area (Å²) in [5.74, 6) is 0. The van der Waals surface area contributed by atoms with Crippen molar-refractivity contribution in [1.82, 2.24) is 10.2 Å². The topological polar surface area (TPSA) is 18.5 Å². The van der Waals surface area contributed by atoms with Crippen molar-refractivity contribution in [3.8, 4) is 0 Å². The first-order valence-electron chi connectivity index (χ1n) is 6.83. The zero-order valence-corrected chi connectivity index (χ0v) is 13.1. The van der Waals surface area contributed by atoms with Gasteiger partial charge in [-0.15, -0.1) is 0 Å². The average molecular weight is 282 g/mol. The summed E-state index contributed by atoms with van der Waals surface area (Å²) in [5.41, 5.74) is 2.57. The molecule has 106 valence electrons. The summed E-state index contributed by atoms with van der Waals surface area (Å²) in [6.45, 7) is 8.53. The first-order chi connectivity index (χ1) is 8.94. The Morgan fingerprint density at radius 2 is 2.05 bits per heavy atom. The van der Waals surface area contributed by atoms with E-state index in [1.165, 1.54) is 5.56 Å². The Kier molecular flexibility index (Phi) is 4.39. The Morgan fingerprint density at radius 3 is 2.63 bits per heavy atom. The van der Waals surface area contributed by atoms with Crippen molar-refractivity contribution in [2.24, 2.45) is 0 Å². The molecule has 0 atom stereocenters. The molecule has 0 radical (unpaired) electrons. The number of benzene rings is 1. The Hall–Kier alpha value is -0.770. The van der Waals surface area contributed by atoms with Crippen molar-refractivity contribution in [3.05, 3.63) is 28.8 Å². The van der Waals surface area contributed by atoms with Crippen molar-refractivity contribution >= 4 is 17.3 Å². The molecule has 0 saturated carbocycles. The van der Waals surface area contributed by atoms with Gasteiger partial charge in [-0.3, -0.25) is 4.90 Å². The van der Waals surface area contributed by atoms with Gasteiger partial charge in [-0.2, -0.15) is 0 Å². The Bertz CT molecular complexity index is 445. The second-order valence-corrected chi connectivity index (χ2v) is 6.38. The van der Waals surface area contributed by atoms with Crippen molar-refractivity contribution in [3.63, 3.8) is 0 Å². The van der Waals surface area contributed by atoms with E-state index in [0.29, 0.717) is 0 Å². The molecule has 1 N–H and O–H groups in total. The van der Waals surface area contributed by atoms with E-state index < -0.39 is 0 Å². The molecule has 19 heavy (non-hydrogen) atoms. The monoisotopic (exact) mass is 281 g/mol. The van der Waals surface area contributed by atoms with Gasteiger partial charge in [0.05, 0.1) is 10.7 Å². The lowest BCUT2D eigenvalue weighted by Crippen LogP contribution is -2.57. The molecule has 3 nitrogen and oxygen atoms in total. The van der Waals surface area contributed by atoms with Crippen molar-refractivity contribution in [2.75, 3.05) is 38.6 Å². The van der Waals surface area contributed by atoms with E-state index in [0.717, 1.165) is 36.9 Å². The summed E-state index contributed by atoms with van der Waals surface area (Å²) in [4.78, 5) is 4.80.